The van der Waals surface area contributed by atoms with Crippen LogP contribution in [0.1, 0.15) is 23.5 Å². The van der Waals surface area contributed by atoms with Crippen molar-refractivity contribution in [2.75, 3.05) is 18.0 Å². The van der Waals surface area contributed by atoms with Crippen molar-refractivity contribution in [3.05, 3.63) is 34.5 Å². The van der Waals surface area contributed by atoms with Crippen molar-refractivity contribution in [1.29, 1.82) is 0 Å². The summed E-state index contributed by atoms with van der Waals surface area (Å²) in [7, 11) is 0. The molecule has 0 aliphatic carbocycles. The van der Waals surface area contributed by atoms with E-state index >= 15 is 0 Å². The molecule has 2 N–H and O–H groups in total. The van der Waals surface area contributed by atoms with E-state index in [0.717, 1.165) is 42.6 Å². The second-order valence-electron chi connectivity index (χ2n) is 5.52. The van der Waals surface area contributed by atoms with Crippen LogP contribution in [0, 0.1) is 6.92 Å². The van der Waals surface area contributed by atoms with Gasteiger partial charge in [0, 0.05) is 36.9 Å². The zero-order valence-electron chi connectivity index (χ0n) is 13.0. The maximum atomic E-state index is 12.0. The standard InChI is InChI=1S/C15H20N6OS/c1-11-19-13(10-23-11)8-18-15(22)20-12-4-2-7-21(9-12)14-16-5-3-6-17-14/h3,5-6,10,12H,2,4,7-9H2,1H3,(H2,18,20,22)/t12-/m0/s1. The molecule has 0 spiro atoms. The molecule has 7 nitrogen and oxygen atoms in total. The van der Waals surface area contributed by atoms with Crippen LogP contribution in [-0.2, 0) is 6.54 Å². The number of nitrogens with zero attached hydrogens (tertiary/aromatic N) is 4. The Kier molecular flexibility index (Phi) is 5.02. The molecule has 8 heteroatoms. The van der Waals surface area contributed by atoms with Crippen LogP contribution in [0.15, 0.2) is 23.8 Å². The third-order valence-electron chi connectivity index (χ3n) is 3.69. The predicted molar refractivity (Wildman–Crippen MR) is 89.5 cm³/mol. The summed E-state index contributed by atoms with van der Waals surface area (Å²) < 4.78 is 0. The minimum atomic E-state index is -0.156. The van der Waals surface area contributed by atoms with E-state index in [4.69, 9.17) is 0 Å². The lowest BCUT2D eigenvalue weighted by Crippen LogP contribution is -2.50. The van der Waals surface area contributed by atoms with E-state index in [-0.39, 0.29) is 12.1 Å². The van der Waals surface area contributed by atoms with E-state index in [1.54, 1.807) is 29.8 Å². The van der Waals surface area contributed by atoms with Crippen LogP contribution in [0.2, 0.25) is 0 Å². The SMILES string of the molecule is Cc1nc(CNC(=O)N[C@H]2CCCN(c3ncccn3)C2)cs1. The molecule has 1 aliphatic rings. The van der Waals surface area contributed by atoms with Crippen molar-refractivity contribution in [2.24, 2.45) is 0 Å². The van der Waals surface area contributed by atoms with E-state index in [0.29, 0.717) is 6.54 Å². The quantitative estimate of drug-likeness (QED) is 0.890. The van der Waals surface area contributed by atoms with Crippen molar-refractivity contribution in [3.8, 4) is 0 Å². The Labute approximate surface area is 139 Å². The molecule has 1 fully saturated rings. The number of anilines is 1. The fourth-order valence-corrected chi connectivity index (χ4v) is 3.24. The first-order valence-corrected chi connectivity index (χ1v) is 8.56. The molecule has 2 amide bonds. The maximum absolute atomic E-state index is 12.0. The Morgan fingerprint density at radius 3 is 3.00 bits per heavy atom. The summed E-state index contributed by atoms with van der Waals surface area (Å²) in [6.45, 7) is 4.06. The summed E-state index contributed by atoms with van der Waals surface area (Å²) in [5.41, 5.74) is 0.894. The highest BCUT2D eigenvalue weighted by Gasteiger charge is 2.22. The second-order valence-corrected chi connectivity index (χ2v) is 6.58. The number of aryl methyl sites for hydroxylation is 1. The number of carbonyl (C=O) groups is 1. The van der Waals surface area contributed by atoms with Gasteiger partial charge in [-0.1, -0.05) is 0 Å². The molecule has 1 atom stereocenters. The van der Waals surface area contributed by atoms with Crippen LogP contribution in [0.4, 0.5) is 10.7 Å². The normalized spacial score (nSPS) is 17.8. The molecular formula is C15H20N6OS. The van der Waals surface area contributed by atoms with Gasteiger partial charge in [0.25, 0.3) is 0 Å². The first-order valence-electron chi connectivity index (χ1n) is 7.68. The van der Waals surface area contributed by atoms with Crippen molar-refractivity contribution < 1.29 is 4.79 Å². The fourth-order valence-electron chi connectivity index (χ4n) is 2.63. The molecule has 2 aromatic heterocycles. The molecule has 23 heavy (non-hydrogen) atoms. The minimum Gasteiger partial charge on any atom is -0.339 e. The van der Waals surface area contributed by atoms with Crippen LogP contribution in [0.25, 0.3) is 0 Å². The minimum absolute atomic E-state index is 0.102. The van der Waals surface area contributed by atoms with Crippen LogP contribution >= 0.6 is 11.3 Å². The first kappa shape index (κ1) is 15.7. The Morgan fingerprint density at radius 1 is 1.43 bits per heavy atom. The van der Waals surface area contributed by atoms with Gasteiger partial charge in [-0.05, 0) is 25.8 Å². The topological polar surface area (TPSA) is 83.0 Å². The van der Waals surface area contributed by atoms with Gasteiger partial charge in [0.1, 0.15) is 0 Å². The summed E-state index contributed by atoms with van der Waals surface area (Å²) in [5, 5.41) is 8.85. The van der Waals surface area contributed by atoms with Gasteiger partial charge in [0.2, 0.25) is 5.95 Å². The third-order valence-corrected chi connectivity index (χ3v) is 4.51. The van der Waals surface area contributed by atoms with Crippen LogP contribution in [0.5, 0.6) is 0 Å². The first-order chi connectivity index (χ1) is 11.2. The highest BCUT2D eigenvalue weighted by Crippen LogP contribution is 2.15. The number of amides is 2. The van der Waals surface area contributed by atoms with E-state index < -0.39 is 0 Å². The molecule has 0 unspecified atom stereocenters. The summed E-state index contributed by atoms with van der Waals surface area (Å²) in [5.74, 6) is 0.720. The number of nitrogens with one attached hydrogen (secondary N) is 2. The lowest BCUT2D eigenvalue weighted by Gasteiger charge is -2.33. The van der Waals surface area contributed by atoms with Crippen molar-refractivity contribution in [1.82, 2.24) is 25.6 Å². The van der Waals surface area contributed by atoms with Gasteiger partial charge >= 0.3 is 6.03 Å². The molecule has 2 aromatic rings. The molecule has 122 valence electrons. The third kappa shape index (κ3) is 4.38. The molecule has 3 rings (SSSR count). The predicted octanol–water partition coefficient (Wildman–Crippen LogP) is 1.71. The molecule has 0 saturated carbocycles. The maximum Gasteiger partial charge on any atom is 0.315 e. The monoisotopic (exact) mass is 332 g/mol. The van der Waals surface area contributed by atoms with Crippen molar-refractivity contribution >= 4 is 23.3 Å². The van der Waals surface area contributed by atoms with E-state index in [2.05, 4.69) is 30.5 Å². The Balaban J connectivity index is 1.48. The fraction of sp³-hybridized carbons (Fsp3) is 0.467. The summed E-state index contributed by atoms with van der Waals surface area (Å²) in [6.07, 6.45) is 5.45. The van der Waals surface area contributed by atoms with Crippen LogP contribution in [0.3, 0.4) is 0 Å². The average molecular weight is 332 g/mol. The molecule has 0 aromatic carbocycles. The smallest absolute Gasteiger partial charge is 0.315 e. The van der Waals surface area contributed by atoms with Gasteiger partial charge in [-0.3, -0.25) is 0 Å². The zero-order chi connectivity index (χ0) is 16.1. The number of carbonyl (C=O) groups excluding carboxylic acids is 1. The molecule has 0 bridgehead atoms. The Bertz CT molecular complexity index is 646. The number of urea groups is 1. The zero-order valence-corrected chi connectivity index (χ0v) is 13.8. The number of piperidine rings is 1. The van der Waals surface area contributed by atoms with Gasteiger partial charge in [-0.2, -0.15) is 0 Å². The molecule has 1 saturated heterocycles. The Hall–Kier alpha value is -2.22. The number of rotatable bonds is 4. The number of thiazole rings is 1. The summed E-state index contributed by atoms with van der Waals surface area (Å²) in [4.78, 5) is 27.0. The van der Waals surface area contributed by atoms with Crippen molar-refractivity contribution in [3.63, 3.8) is 0 Å². The highest BCUT2D eigenvalue weighted by molar-refractivity contribution is 7.09. The largest absolute Gasteiger partial charge is 0.339 e. The van der Waals surface area contributed by atoms with Crippen LogP contribution in [-0.4, -0.2) is 40.1 Å². The van der Waals surface area contributed by atoms with Crippen molar-refractivity contribution in [2.45, 2.75) is 32.4 Å². The summed E-state index contributed by atoms with van der Waals surface area (Å²) >= 11 is 1.59. The number of hydrogen-bond acceptors (Lipinski definition) is 6. The van der Waals surface area contributed by atoms with Gasteiger partial charge in [-0.25, -0.2) is 19.7 Å². The lowest BCUT2D eigenvalue weighted by atomic mass is 10.1. The average Bonchev–Trinajstić information content (AvgIpc) is 3.00. The van der Waals surface area contributed by atoms with Gasteiger partial charge in [-0.15, -0.1) is 11.3 Å². The molecular weight excluding hydrogens is 312 g/mol. The van der Waals surface area contributed by atoms with E-state index in [1.165, 1.54) is 0 Å². The van der Waals surface area contributed by atoms with Gasteiger partial charge < -0.3 is 15.5 Å². The molecule has 0 radical (unpaired) electrons. The lowest BCUT2D eigenvalue weighted by molar-refractivity contribution is 0.234. The van der Waals surface area contributed by atoms with E-state index in [1.807, 2.05) is 12.3 Å². The molecule has 3 heterocycles. The number of hydrogen-bond donors (Lipinski definition) is 2. The van der Waals surface area contributed by atoms with Crippen LogP contribution < -0.4 is 15.5 Å². The summed E-state index contributed by atoms with van der Waals surface area (Å²) in [6, 6.07) is 1.75. The highest BCUT2D eigenvalue weighted by atomic mass is 32.1. The van der Waals surface area contributed by atoms with Gasteiger partial charge in [0.15, 0.2) is 0 Å². The van der Waals surface area contributed by atoms with Gasteiger partial charge in [0.05, 0.1) is 17.2 Å². The van der Waals surface area contributed by atoms with E-state index in [9.17, 15) is 4.79 Å². The molecule has 1 aliphatic heterocycles. The Morgan fingerprint density at radius 2 is 2.26 bits per heavy atom. The number of aromatic nitrogens is 3. The second kappa shape index (κ2) is 7.36.